The van der Waals surface area contributed by atoms with Gasteiger partial charge in [-0.1, -0.05) is 24.8 Å². The van der Waals surface area contributed by atoms with Gasteiger partial charge in [-0.25, -0.2) is 19.4 Å². The summed E-state index contributed by atoms with van der Waals surface area (Å²) >= 11 is 0. The molecule has 0 saturated heterocycles. The third-order valence-corrected chi connectivity index (χ3v) is 5.13. The van der Waals surface area contributed by atoms with E-state index in [0.29, 0.717) is 30.2 Å². The van der Waals surface area contributed by atoms with E-state index in [4.69, 9.17) is 9.41 Å². The largest absolute Gasteiger partial charge is 0.440 e. The molecule has 0 fully saturated rings. The second-order valence-electron chi connectivity index (χ2n) is 7.22. The molecule has 0 N–H and O–H groups in total. The number of nitrogens with zero attached hydrogens (tertiary/aromatic N) is 5. The Morgan fingerprint density at radius 2 is 2.07 bits per heavy atom. The van der Waals surface area contributed by atoms with Gasteiger partial charge >= 0.3 is 0 Å². The molecular weight excluding hydrogens is 381 g/mol. The Labute approximate surface area is 175 Å². The predicted molar refractivity (Wildman–Crippen MR) is 114 cm³/mol. The van der Waals surface area contributed by atoms with Crippen molar-refractivity contribution in [2.24, 2.45) is 4.99 Å². The number of rotatable bonds is 5. The van der Waals surface area contributed by atoms with E-state index in [1.807, 2.05) is 32.3 Å². The van der Waals surface area contributed by atoms with Gasteiger partial charge in [0.1, 0.15) is 17.5 Å². The van der Waals surface area contributed by atoms with Gasteiger partial charge in [-0.05, 0) is 31.5 Å². The van der Waals surface area contributed by atoms with Crippen LogP contribution in [0.1, 0.15) is 36.9 Å². The fourth-order valence-electron chi connectivity index (χ4n) is 3.33. The van der Waals surface area contributed by atoms with Crippen molar-refractivity contribution >= 4 is 11.4 Å². The third-order valence-electron chi connectivity index (χ3n) is 5.13. The van der Waals surface area contributed by atoms with Gasteiger partial charge in [0.05, 0.1) is 18.3 Å². The maximum atomic E-state index is 13.1. The standard InChI is InChI=1S/C23H24FN5O/c1-4-16(2)27-23(29-12-11-28-10-9-25-21(28)15-29)17(3)20-14-26-22(30-20)13-18-5-7-19(24)8-6-18/h4-10,14H,3,11-13,15H2,1-2H3/b16-4-,27-23+. The van der Waals surface area contributed by atoms with Gasteiger partial charge in [0.15, 0.2) is 11.7 Å². The SMILES string of the molecule is C=C(/C(=N\C(C)=C/C)N1CCn2ccnc2C1)c1cnc(Cc2ccc(F)cc2)o1. The molecule has 6 nitrogen and oxygen atoms in total. The van der Waals surface area contributed by atoms with Crippen LogP contribution < -0.4 is 0 Å². The van der Waals surface area contributed by atoms with Gasteiger partial charge in [-0.2, -0.15) is 0 Å². The number of amidine groups is 1. The maximum absolute atomic E-state index is 13.1. The number of halogens is 1. The van der Waals surface area contributed by atoms with Gasteiger partial charge in [-0.15, -0.1) is 0 Å². The highest BCUT2D eigenvalue weighted by Crippen LogP contribution is 2.23. The minimum atomic E-state index is -0.261. The van der Waals surface area contributed by atoms with Crippen molar-refractivity contribution in [2.75, 3.05) is 6.54 Å². The minimum Gasteiger partial charge on any atom is -0.440 e. The van der Waals surface area contributed by atoms with Crippen LogP contribution in [0.15, 0.2) is 70.6 Å². The Kier molecular flexibility index (Phi) is 5.61. The first-order chi connectivity index (χ1) is 14.5. The van der Waals surface area contributed by atoms with Crippen molar-refractivity contribution in [3.63, 3.8) is 0 Å². The van der Waals surface area contributed by atoms with Crippen molar-refractivity contribution in [1.29, 1.82) is 0 Å². The molecule has 0 spiro atoms. The van der Waals surface area contributed by atoms with E-state index in [0.717, 1.165) is 36.0 Å². The fraction of sp³-hybridized carbons (Fsp3) is 0.261. The van der Waals surface area contributed by atoms with Crippen molar-refractivity contribution in [2.45, 2.75) is 33.4 Å². The smallest absolute Gasteiger partial charge is 0.199 e. The number of benzene rings is 1. The van der Waals surface area contributed by atoms with Crippen LogP contribution in [-0.2, 0) is 19.5 Å². The molecule has 3 heterocycles. The number of hydrogen-bond donors (Lipinski definition) is 0. The number of hydrogen-bond acceptors (Lipinski definition) is 4. The zero-order valence-electron chi connectivity index (χ0n) is 17.2. The molecule has 154 valence electrons. The van der Waals surface area contributed by atoms with Gasteiger partial charge in [-0.3, -0.25) is 0 Å². The summed E-state index contributed by atoms with van der Waals surface area (Å²) in [5.74, 6) is 2.61. The molecule has 0 amide bonds. The molecule has 2 aromatic heterocycles. The summed E-state index contributed by atoms with van der Waals surface area (Å²) in [6, 6.07) is 6.32. The Hall–Kier alpha value is -3.48. The fourth-order valence-corrected chi connectivity index (χ4v) is 3.33. The average molecular weight is 405 g/mol. The Balaban J connectivity index is 1.57. The second-order valence-corrected chi connectivity index (χ2v) is 7.22. The van der Waals surface area contributed by atoms with Crippen LogP contribution in [0, 0.1) is 5.82 Å². The molecule has 4 rings (SSSR count). The summed E-state index contributed by atoms with van der Waals surface area (Å²) in [5.41, 5.74) is 2.50. The highest BCUT2D eigenvalue weighted by molar-refractivity contribution is 6.21. The van der Waals surface area contributed by atoms with Gasteiger partial charge in [0.2, 0.25) is 0 Å². The van der Waals surface area contributed by atoms with E-state index >= 15 is 0 Å². The monoisotopic (exact) mass is 405 g/mol. The van der Waals surface area contributed by atoms with Crippen LogP contribution in [0.3, 0.4) is 0 Å². The lowest BCUT2D eigenvalue weighted by Gasteiger charge is -2.31. The molecule has 0 radical (unpaired) electrons. The van der Waals surface area contributed by atoms with Crippen molar-refractivity contribution in [3.8, 4) is 0 Å². The number of oxazole rings is 1. The zero-order valence-corrected chi connectivity index (χ0v) is 17.2. The van der Waals surface area contributed by atoms with E-state index < -0.39 is 0 Å². The Morgan fingerprint density at radius 1 is 1.27 bits per heavy atom. The summed E-state index contributed by atoms with van der Waals surface area (Å²) in [6.07, 6.45) is 7.92. The van der Waals surface area contributed by atoms with E-state index in [1.54, 1.807) is 18.3 Å². The lowest BCUT2D eigenvalue weighted by atomic mass is 10.1. The molecule has 1 aliphatic heterocycles. The highest BCUT2D eigenvalue weighted by Gasteiger charge is 2.24. The first-order valence-corrected chi connectivity index (χ1v) is 9.89. The summed E-state index contributed by atoms with van der Waals surface area (Å²) in [5, 5.41) is 0. The van der Waals surface area contributed by atoms with Crippen molar-refractivity contribution in [1.82, 2.24) is 19.4 Å². The molecule has 3 aromatic rings. The molecule has 0 atom stereocenters. The summed E-state index contributed by atoms with van der Waals surface area (Å²) in [4.78, 5) is 15.8. The predicted octanol–water partition coefficient (Wildman–Crippen LogP) is 4.45. The van der Waals surface area contributed by atoms with Gasteiger partial charge in [0, 0.05) is 37.6 Å². The number of aromatic nitrogens is 3. The summed E-state index contributed by atoms with van der Waals surface area (Å²) < 4.78 is 21.2. The van der Waals surface area contributed by atoms with Crippen LogP contribution in [0.25, 0.3) is 5.57 Å². The van der Waals surface area contributed by atoms with Crippen LogP contribution in [0.4, 0.5) is 4.39 Å². The van der Waals surface area contributed by atoms with Crippen LogP contribution in [0.5, 0.6) is 0 Å². The number of aliphatic imine (C=N–C) groups is 1. The third kappa shape index (κ3) is 4.25. The van der Waals surface area contributed by atoms with E-state index in [2.05, 4.69) is 26.0 Å². The molecule has 0 unspecified atom stereocenters. The first kappa shape index (κ1) is 19.8. The van der Waals surface area contributed by atoms with Gasteiger partial charge in [0.25, 0.3) is 0 Å². The lowest BCUT2D eigenvalue weighted by Crippen LogP contribution is -2.38. The van der Waals surface area contributed by atoms with Crippen LogP contribution in [-0.4, -0.2) is 31.8 Å². The number of fused-ring (bicyclic) bond motifs is 1. The Morgan fingerprint density at radius 3 is 2.83 bits per heavy atom. The molecule has 0 saturated carbocycles. The molecule has 1 aliphatic rings. The summed E-state index contributed by atoms with van der Waals surface area (Å²) in [6.45, 7) is 10.5. The quantitative estimate of drug-likeness (QED) is 0.465. The number of imidazole rings is 1. The highest BCUT2D eigenvalue weighted by atomic mass is 19.1. The van der Waals surface area contributed by atoms with Crippen LogP contribution in [0.2, 0.25) is 0 Å². The first-order valence-electron chi connectivity index (χ1n) is 9.89. The molecule has 1 aromatic carbocycles. The van der Waals surface area contributed by atoms with E-state index in [-0.39, 0.29) is 5.82 Å². The van der Waals surface area contributed by atoms with Crippen molar-refractivity contribution < 1.29 is 8.81 Å². The molecule has 0 aliphatic carbocycles. The maximum Gasteiger partial charge on any atom is 0.199 e. The average Bonchev–Trinajstić information content (AvgIpc) is 3.42. The Bertz CT molecular complexity index is 1110. The lowest BCUT2D eigenvalue weighted by molar-refractivity contribution is 0.331. The molecule has 0 bridgehead atoms. The topological polar surface area (TPSA) is 59.5 Å². The van der Waals surface area contributed by atoms with E-state index in [1.165, 1.54) is 12.1 Å². The summed E-state index contributed by atoms with van der Waals surface area (Å²) in [7, 11) is 0. The van der Waals surface area contributed by atoms with Crippen molar-refractivity contribution in [3.05, 3.63) is 90.1 Å². The second kappa shape index (κ2) is 8.49. The normalized spacial score (nSPS) is 14.7. The number of allylic oxidation sites excluding steroid dienone is 2. The minimum absolute atomic E-state index is 0.261. The molecule has 7 heteroatoms. The van der Waals surface area contributed by atoms with Gasteiger partial charge < -0.3 is 13.9 Å². The molecule has 30 heavy (non-hydrogen) atoms. The van der Waals surface area contributed by atoms with Crippen LogP contribution >= 0.6 is 0 Å². The molecular formula is C23H24FN5O. The van der Waals surface area contributed by atoms with E-state index in [9.17, 15) is 4.39 Å². The zero-order chi connectivity index (χ0) is 21.1.